The Morgan fingerprint density at radius 3 is 2.24 bits per heavy atom. The number of anilines is 2. The SMILES string of the molecule is COc1cc(N)cc(-n2c(=O)n(-c3ccc(Oc4ccccc4)cc3)c3c(N)ncnc32)c1. The van der Waals surface area contributed by atoms with E-state index >= 15 is 0 Å². The molecule has 5 aromatic rings. The number of ether oxygens (including phenoxy) is 2. The quantitative estimate of drug-likeness (QED) is 0.401. The normalized spacial score (nSPS) is 10.9. The molecule has 0 aliphatic rings. The molecule has 0 saturated heterocycles. The molecular weight excluding hydrogens is 420 g/mol. The second-order valence-corrected chi connectivity index (χ2v) is 7.26. The molecule has 0 fully saturated rings. The maximum absolute atomic E-state index is 13.6. The van der Waals surface area contributed by atoms with Crippen LogP contribution in [0.1, 0.15) is 0 Å². The number of aromatic nitrogens is 4. The molecule has 164 valence electrons. The zero-order chi connectivity index (χ0) is 22.9. The fraction of sp³-hybridized carbons (Fsp3) is 0.0417. The number of benzene rings is 3. The Hall–Kier alpha value is -4.79. The van der Waals surface area contributed by atoms with Crippen molar-refractivity contribution in [2.24, 2.45) is 0 Å². The van der Waals surface area contributed by atoms with Crippen molar-refractivity contribution < 1.29 is 9.47 Å². The van der Waals surface area contributed by atoms with Gasteiger partial charge in [0.15, 0.2) is 11.5 Å². The number of nitrogen functional groups attached to an aromatic ring is 2. The van der Waals surface area contributed by atoms with Crippen molar-refractivity contribution in [3.8, 4) is 28.6 Å². The van der Waals surface area contributed by atoms with E-state index < -0.39 is 0 Å². The van der Waals surface area contributed by atoms with Crippen molar-refractivity contribution in [2.75, 3.05) is 18.6 Å². The summed E-state index contributed by atoms with van der Waals surface area (Å²) in [4.78, 5) is 22.0. The highest BCUT2D eigenvalue weighted by Gasteiger charge is 2.20. The summed E-state index contributed by atoms with van der Waals surface area (Å²) in [5, 5.41) is 0. The van der Waals surface area contributed by atoms with Crippen molar-refractivity contribution in [3.05, 3.63) is 89.6 Å². The van der Waals surface area contributed by atoms with E-state index in [2.05, 4.69) is 9.97 Å². The Kier molecular flexibility index (Phi) is 4.91. The van der Waals surface area contributed by atoms with E-state index in [1.165, 1.54) is 22.6 Å². The molecule has 5 rings (SSSR count). The lowest BCUT2D eigenvalue weighted by Gasteiger charge is -2.08. The first-order chi connectivity index (χ1) is 16.0. The predicted octanol–water partition coefficient (Wildman–Crippen LogP) is 3.54. The first kappa shape index (κ1) is 20.1. The highest BCUT2D eigenvalue weighted by Crippen LogP contribution is 2.28. The van der Waals surface area contributed by atoms with Crippen LogP contribution in [0.2, 0.25) is 0 Å². The summed E-state index contributed by atoms with van der Waals surface area (Å²) in [6.45, 7) is 0. The first-order valence-corrected chi connectivity index (χ1v) is 10.1. The number of para-hydroxylation sites is 1. The van der Waals surface area contributed by atoms with E-state index in [9.17, 15) is 4.79 Å². The first-order valence-electron chi connectivity index (χ1n) is 10.1. The minimum atomic E-state index is -0.374. The van der Waals surface area contributed by atoms with Gasteiger partial charge in [-0.25, -0.2) is 19.3 Å². The van der Waals surface area contributed by atoms with E-state index in [4.69, 9.17) is 20.9 Å². The second-order valence-electron chi connectivity index (χ2n) is 7.26. The topological polar surface area (TPSA) is 123 Å². The Morgan fingerprint density at radius 2 is 1.52 bits per heavy atom. The van der Waals surface area contributed by atoms with Gasteiger partial charge in [-0.15, -0.1) is 0 Å². The van der Waals surface area contributed by atoms with Gasteiger partial charge in [0.05, 0.1) is 18.5 Å². The molecule has 3 aromatic carbocycles. The van der Waals surface area contributed by atoms with E-state index in [0.717, 1.165) is 0 Å². The molecule has 33 heavy (non-hydrogen) atoms. The molecule has 0 amide bonds. The van der Waals surface area contributed by atoms with Crippen LogP contribution in [0.15, 0.2) is 83.9 Å². The molecule has 0 aliphatic carbocycles. The molecule has 9 heteroatoms. The third kappa shape index (κ3) is 3.61. The Labute approximate surface area is 188 Å². The van der Waals surface area contributed by atoms with Crippen LogP contribution in [0, 0.1) is 0 Å². The van der Waals surface area contributed by atoms with Gasteiger partial charge in [-0.1, -0.05) is 18.2 Å². The number of imidazole rings is 1. The minimum Gasteiger partial charge on any atom is -0.497 e. The summed E-state index contributed by atoms with van der Waals surface area (Å²) < 4.78 is 14.1. The zero-order valence-electron chi connectivity index (χ0n) is 17.7. The molecule has 4 N–H and O–H groups in total. The molecular formula is C24H20N6O3. The summed E-state index contributed by atoms with van der Waals surface area (Å²) in [5.41, 5.74) is 14.1. The monoisotopic (exact) mass is 440 g/mol. The summed E-state index contributed by atoms with van der Waals surface area (Å²) in [6.07, 6.45) is 1.32. The summed E-state index contributed by atoms with van der Waals surface area (Å²) in [5.74, 6) is 2.04. The maximum Gasteiger partial charge on any atom is 0.339 e. The highest BCUT2D eigenvalue weighted by atomic mass is 16.5. The van der Waals surface area contributed by atoms with Gasteiger partial charge in [-0.2, -0.15) is 0 Å². The lowest BCUT2D eigenvalue weighted by Crippen LogP contribution is -2.22. The predicted molar refractivity (Wildman–Crippen MR) is 126 cm³/mol. The molecule has 2 heterocycles. The van der Waals surface area contributed by atoms with Crippen LogP contribution in [0.4, 0.5) is 11.5 Å². The number of fused-ring (bicyclic) bond motifs is 1. The summed E-state index contributed by atoms with van der Waals surface area (Å²) >= 11 is 0. The van der Waals surface area contributed by atoms with Gasteiger partial charge in [0.2, 0.25) is 0 Å². The number of nitrogens with zero attached hydrogens (tertiary/aromatic N) is 4. The molecule has 0 aliphatic heterocycles. The third-order valence-electron chi connectivity index (χ3n) is 5.13. The van der Waals surface area contributed by atoms with E-state index in [1.54, 1.807) is 42.5 Å². The van der Waals surface area contributed by atoms with Crippen LogP contribution in [-0.4, -0.2) is 26.2 Å². The van der Waals surface area contributed by atoms with Crippen LogP contribution in [0.3, 0.4) is 0 Å². The molecule has 0 saturated carbocycles. The minimum absolute atomic E-state index is 0.177. The average molecular weight is 440 g/mol. The number of hydrogen-bond acceptors (Lipinski definition) is 7. The average Bonchev–Trinajstić information content (AvgIpc) is 3.13. The van der Waals surface area contributed by atoms with Gasteiger partial charge in [-0.05, 0) is 42.5 Å². The van der Waals surface area contributed by atoms with Gasteiger partial charge in [0.1, 0.15) is 29.1 Å². The molecule has 0 radical (unpaired) electrons. The summed E-state index contributed by atoms with van der Waals surface area (Å²) in [6, 6.07) is 21.6. The molecule has 0 bridgehead atoms. The van der Waals surface area contributed by atoms with Gasteiger partial charge in [-0.3, -0.25) is 4.57 Å². The fourth-order valence-electron chi connectivity index (χ4n) is 3.66. The van der Waals surface area contributed by atoms with Crippen molar-refractivity contribution in [2.45, 2.75) is 0 Å². The number of methoxy groups -OCH3 is 1. The van der Waals surface area contributed by atoms with Gasteiger partial charge in [0.25, 0.3) is 0 Å². The van der Waals surface area contributed by atoms with Gasteiger partial charge >= 0.3 is 5.69 Å². The van der Waals surface area contributed by atoms with Gasteiger partial charge in [0, 0.05) is 17.8 Å². The van der Waals surface area contributed by atoms with Crippen LogP contribution < -0.4 is 26.6 Å². The Morgan fingerprint density at radius 1 is 0.788 bits per heavy atom. The number of hydrogen-bond donors (Lipinski definition) is 2. The molecule has 0 atom stereocenters. The molecule has 9 nitrogen and oxygen atoms in total. The standard InChI is InChI=1S/C24H20N6O3/c1-32-20-12-15(25)11-17(13-20)30-23-21(22(26)27-14-28-23)29(24(30)31)16-7-9-19(10-8-16)33-18-5-3-2-4-6-18/h2-14H,25H2,1H3,(H2,26,27,28). The smallest absolute Gasteiger partial charge is 0.339 e. The molecule has 2 aromatic heterocycles. The van der Waals surface area contributed by atoms with E-state index in [1.807, 2.05) is 30.3 Å². The van der Waals surface area contributed by atoms with E-state index in [0.29, 0.717) is 45.5 Å². The molecule has 0 unspecified atom stereocenters. The second kappa shape index (κ2) is 8.04. The zero-order valence-corrected chi connectivity index (χ0v) is 17.7. The maximum atomic E-state index is 13.6. The van der Waals surface area contributed by atoms with Gasteiger partial charge < -0.3 is 20.9 Å². The van der Waals surface area contributed by atoms with Crippen LogP contribution in [0.5, 0.6) is 17.2 Å². The van der Waals surface area contributed by atoms with Crippen molar-refractivity contribution in [1.29, 1.82) is 0 Å². The van der Waals surface area contributed by atoms with Crippen LogP contribution in [0.25, 0.3) is 22.5 Å². The summed E-state index contributed by atoms with van der Waals surface area (Å²) in [7, 11) is 1.53. The Bertz CT molecular complexity index is 1510. The van der Waals surface area contributed by atoms with Crippen molar-refractivity contribution in [1.82, 2.24) is 19.1 Å². The fourth-order valence-corrected chi connectivity index (χ4v) is 3.66. The Balaban J connectivity index is 1.66. The molecule has 0 spiro atoms. The van der Waals surface area contributed by atoms with E-state index in [-0.39, 0.29) is 11.5 Å². The van der Waals surface area contributed by atoms with Crippen molar-refractivity contribution in [3.63, 3.8) is 0 Å². The number of nitrogens with two attached hydrogens (primary N) is 2. The van der Waals surface area contributed by atoms with Crippen LogP contribution >= 0.6 is 0 Å². The highest BCUT2D eigenvalue weighted by molar-refractivity contribution is 5.85. The third-order valence-corrected chi connectivity index (χ3v) is 5.13. The van der Waals surface area contributed by atoms with Crippen molar-refractivity contribution >= 4 is 22.7 Å². The lowest BCUT2D eigenvalue weighted by atomic mass is 10.2. The van der Waals surface area contributed by atoms with Crippen LogP contribution in [-0.2, 0) is 0 Å². The number of rotatable bonds is 5. The largest absolute Gasteiger partial charge is 0.497 e. The lowest BCUT2D eigenvalue weighted by molar-refractivity contribution is 0.415.